The Labute approximate surface area is 180 Å². The van der Waals surface area contributed by atoms with Crippen molar-refractivity contribution in [3.8, 4) is 0 Å². The molecule has 1 unspecified atom stereocenters. The molecule has 3 rings (SSSR count). The summed E-state index contributed by atoms with van der Waals surface area (Å²) in [6.07, 6.45) is 0. The molecule has 1 amide bonds. The van der Waals surface area contributed by atoms with Crippen LogP contribution in [0.2, 0.25) is 5.02 Å². The quantitative estimate of drug-likeness (QED) is 0.507. The minimum atomic E-state index is -1.13. The number of hydrogen-bond acceptors (Lipinski definition) is 4. The first-order valence-corrected chi connectivity index (χ1v) is 9.73. The third-order valence-corrected chi connectivity index (χ3v) is 5.37. The minimum Gasteiger partial charge on any atom is -0.620 e. The van der Waals surface area contributed by atoms with E-state index < -0.39 is 16.4 Å². The van der Waals surface area contributed by atoms with Gasteiger partial charge in [-0.15, -0.1) is 0 Å². The fourth-order valence-corrected chi connectivity index (χ4v) is 3.62. The molecule has 0 radical (unpaired) electrons. The van der Waals surface area contributed by atoms with Crippen molar-refractivity contribution in [3.63, 3.8) is 0 Å². The normalized spacial score (nSPS) is 18.1. The Kier molecular flexibility index (Phi) is 9.23. The Morgan fingerprint density at radius 2 is 1.80 bits per heavy atom. The largest absolute Gasteiger partial charge is 0.620 e. The van der Waals surface area contributed by atoms with Crippen molar-refractivity contribution < 1.29 is 20.1 Å². The van der Waals surface area contributed by atoms with Crippen LogP contribution in [0.25, 0.3) is 0 Å². The number of rotatable bonds is 6. The number of nitrogens with zero attached hydrogens (tertiary/aromatic N) is 3. The highest BCUT2D eigenvalue weighted by Crippen LogP contribution is 2.34. The van der Waals surface area contributed by atoms with E-state index in [2.05, 4.69) is 9.89 Å². The predicted molar refractivity (Wildman–Crippen MR) is 118 cm³/mol. The lowest BCUT2D eigenvalue weighted by Gasteiger charge is -2.40. The predicted octanol–water partition coefficient (Wildman–Crippen LogP) is 2.35. The van der Waals surface area contributed by atoms with Crippen LogP contribution in [0.1, 0.15) is 25.0 Å². The Hall–Kier alpha value is -2.20. The van der Waals surface area contributed by atoms with Gasteiger partial charge in [-0.25, -0.2) is 9.18 Å². The number of aliphatic imine (C=N–C) groups is 1. The summed E-state index contributed by atoms with van der Waals surface area (Å²) in [4.78, 5) is 19.2. The van der Waals surface area contributed by atoms with Gasteiger partial charge in [0, 0.05) is 23.2 Å². The first-order chi connectivity index (χ1) is 13.4. The fraction of sp³-hybridized carbons (Fsp3) is 0.333. The van der Waals surface area contributed by atoms with Crippen LogP contribution < -0.4 is 4.65 Å². The van der Waals surface area contributed by atoms with Crippen LogP contribution in [0.5, 0.6) is 0 Å². The molecule has 164 valence electrons. The second-order valence-corrected chi connectivity index (χ2v) is 7.13. The summed E-state index contributed by atoms with van der Waals surface area (Å²) in [6, 6.07) is 10.9. The Bertz CT molecular complexity index is 921. The van der Waals surface area contributed by atoms with Crippen molar-refractivity contribution in [2.24, 2.45) is 4.99 Å². The molecule has 1 aliphatic heterocycles. The van der Waals surface area contributed by atoms with Crippen molar-refractivity contribution in [1.82, 2.24) is 9.55 Å². The van der Waals surface area contributed by atoms with Crippen molar-refractivity contribution in [2.45, 2.75) is 13.8 Å². The van der Waals surface area contributed by atoms with Crippen LogP contribution in [-0.2, 0) is 4.79 Å². The van der Waals surface area contributed by atoms with Crippen molar-refractivity contribution in [3.05, 3.63) is 69.6 Å². The summed E-state index contributed by atoms with van der Waals surface area (Å²) in [5.74, 6) is -1.03. The number of carbonyl (C=O) groups is 1. The molecule has 0 aromatic heterocycles. The second-order valence-electron chi connectivity index (χ2n) is 6.69. The van der Waals surface area contributed by atoms with E-state index in [1.54, 1.807) is 36.4 Å². The minimum absolute atomic E-state index is 0. The lowest BCUT2D eigenvalue weighted by Crippen LogP contribution is -2.53. The van der Waals surface area contributed by atoms with E-state index in [9.17, 15) is 14.4 Å². The van der Waals surface area contributed by atoms with Crippen molar-refractivity contribution in [2.75, 3.05) is 32.7 Å². The highest BCUT2D eigenvalue weighted by atomic mass is 35.5. The SMILES string of the molecule is CCN(CC)CC[N+]1([O-])C(=O)CN=C(c2ccccc2F)c2cc(Cl)ccc21.O.O. The van der Waals surface area contributed by atoms with Gasteiger partial charge in [-0.05, 0) is 37.4 Å². The molecule has 2 aromatic rings. The third kappa shape index (κ3) is 4.92. The van der Waals surface area contributed by atoms with Crippen LogP contribution in [0.4, 0.5) is 10.1 Å². The highest BCUT2D eigenvalue weighted by Gasteiger charge is 2.37. The molecule has 4 N–H and O–H groups in total. The number of fused-ring (bicyclic) bond motifs is 1. The van der Waals surface area contributed by atoms with Crippen LogP contribution in [0.15, 0.2) is 47.5 Å². The molecule has 9 heteroatoms. The number of likely N-dealkylation sites (N-methyl/N-ethyl adjacent to an activating group) is 1. The molecule has 1 atom stereocenters. The van der Waals surface area contributed by atoms with Crippen LogP contribution in [0, 0.1) is 11.0 Å². The number of hydroxylamine groups is 2. The summed E-state index contributed by atoms with van der Waals surface area (Å²) in [7, 11) is 0. The number of carbonyl (C=O) groups excluding carboxylic acids is 1. The number of benzodiazepines with no additional fused rings is 1. The zero-order valence-electron chi connectivity index (χ0n) is 17.0. The molecule has 0 saturated heterocycles. The van der Waals surface area contributed by atoms with Gasteiger partial charge in [-0.1, -0.05) is 37.6 Å². The number of hydrogen-bond donors (Lipinski definition) is 0. The average molecular weight is 440 g/mol. The lowest BCUT2D eigenvalue weighted by molar-refractivity contribution is -0.126. The Morgan fingerprint density at radius 1 is 1.13 bits per heavy atom. The number of benzene rings is 2. The average Bonchev–Trinajstić information content (AvgIpc) is 2.79. The number of amides is 1. The molecule has 2 aromatic carbocycles. The Morgan fingerprint density at radius 3 is 2.43 bits per heavy atom. The topological polar surface area (TPSA) is 119 Å². The zero-order chi connectivity index (χ0) is 20.3. The van der Waals surface area contributed by atoms with E-state index in [-0.39, 0.29) is 41.0 Å². The maximum Gasteiger partial charge on any atom is 0.340 e. The summed E-state index contributed by atoms with van der Waals surface area (Å²) >= 11 is 6.17. The first-order valence-electron chi connectivity index (χ1n) is 9.35. The van der Waals surface area contributed by atoms with Crippen LogP contribution >= 0.6 is 11.6 Å². The van der Waals surface area contributed by atoms with Gasteiger partial charge >= 0.3 is 5.91 Å². The molecule has 0 bridgehead atoms. The molecule has 0 spiro atoms. The van der Waals surface area contributed by atoms with Gasteiger partial charge in [0.05, 0.1) is 11.3 Å². The van der Waals surface area contributed by atoms with Gasteiger partial charge < -0.3 is 16.2 Å². The van der Waals surface area contributed by atoms with E-state index in [4.69, 9.17) is 11.6 Å². The summed E-state index contributed by atoms with van der Waals surface area (Å²) in [5, 5.41) is 14.2. The number of halogens is 2. The van der Waals surface area contributed by atoms with Crippen LogP contribution in [0.3, 0.4) is 0 Å². The lowest BCUT2D eigenvalue weighted by atomic mass is 9.99. The third-order valence-electron chi connectivity index (χ3n) is 5.13. The van der Waals surface area contributed by atoms with Crippen molar-refractivity contribution >= 4 is 28.9 Å². The molecular weight excluding hydrogens is 413 g/mol. The Balaban J connectivity index is 0.00000225. The maximum absolute atomic E-state index is 14.4. The van der Waals surface area contributed by atoms with E-state index in [1.807, 2.05) is 13.8 Å². The second kappa shape index (κ2) is 10.7. The smallest absolute Gasteiger partial charge is 0.340 e. The molecule has 7 nitrogen and oxygen atoms in total. The van der Waals surface area contributed by atoms with Gasteiger partial charge in [0.2, 0.25) is 0 Å². The molecule has 0 aliphatic carbocycles. The van der Waals surface area contributed by atoms with Gasteiger partial charge in [0.1, 0.15) is 18.0 Å². The fourth-order valence-electron chi connectivity index (χ4n) is 3.44. The van der Waals surface area contributed by atoms with E-state index in [0.29, 0.717) is 17.1 Å². The van der Waals surface area contributed by atoms with E-state index in [1.165, 1.54) is 6.07 Å². The molecule has 30 heavy (non-hydrogen) atoms. The van der Waals surface area contributed by atoms with Gasteiger partial charge in [0.25, 0.3) is 0 Å². The van der Waals surface area contributed by atoms with Crippen molar-refractivity contribution in [1.29, 1.82) is 0 Å². The van der Waals surface area contributed by atoms with E-state index >= 15 is 0 Å². The summed E-state index contributed by atoms with van der Waals surface area (Å²) < 4.78 is 13.3. The van der Waals surface area contributed by atoms with Gasteiger partial charge in [0.15, 0.2) is 6.54 Å². The highest BCUT2D eigenvalue weighted by molar-refractivity contribution is 6.31. The summed E-state index contributed by atoms with van der Waals surface area (Å²) in [6.45, 7) is 5.82. The molecular formula is C21H27ClFN3O4. The van der Waals surface area contributed by atoms with E-state index in [0.717, 1.165) is 13.1 Å². The van der Waals surface area contributed by atoms with Gasteiger partial charge in [-0.2, -0.15) is 0 Å². The van der Waals surface area contributed by atoms with Gasteiger partial charge in [-0.3, -0.25) is 14.5 Å². The summed E-state index contributed by atoms with van der Waals surface area (Å²) in [5.41, 5.74) is 1.18. The standard InChI is InChI=1S/C21H23ClFN3O2.2H2O/c1-3-25(4-2)11-12-26(28)19-10-9-15(22)13-17(19)21(24-14-20(26)27)16-7-5-6-8-18(16)23;;/h5-10,13H,3-4,11-12,14H2,1-2H3;2*1H2. The maximum atomic E-state index is 14.4. The molecule has 1 heterocycles. The van der Waals surface area contributed by atoms with Crippen LogP contribution in [-0.4, -0.2) is 60.2 Å². The number of quaternary nitrogens is 1. The molecule has 0 saturated carbocycles. The monoisotopic (exact) mass is 439 g/mol. The molecule has 0 fully saturated rings. The molecule has 1 aliphatic rings. The zero-order valence-corrected chi connectivity index (χ0v) is 17.7. The first kappa shape index (κ1) is 25.8.